The van der Waals surface area contributed by atoms with Crippen LogP contribution in [0.5, 0.6) is 5.75 Å². The molecule has 0 spiro atoms. The van der Waals surface area contributed by atoms with Gasteiger partial charge in [0.25, 0.3) is 5.91 Å². The van der Waals surface area contributed by atoms with Crippen molar-refractivity contribution in [1.29, 1.82) is 0 Å². The molecule has 0 saturated carbocycles. The van der Waals surface area contributed by atoms with Crippen molar-refractivity contribution in [2.75, 3.05) is 12.4 Å². The monoisotopic (exact) mass is 348 g/mol. The van der Waals surface area contributed by atoms with E-state index in [1.807, 2.05) is 55.5 Å². The third-order valence-electron chi connectivity index (χ3n) is 3.82. The molecule has 6 heteroatoms. The lowest BCUT2D eigenvalue weighted by molar-refractivity contribution is 0.0946. The van der Waals surface area contributed by atoms with Crippen molar-refractivity contribution in [2.24, 2.45) is 0 Å². The molecule has 0 fully saturated rings. The molecule has 6 nitrogen and oxygen atoms in total. The maximum absolute atomic E-state index is 12.4. The molecule has 0 saturated heterocycles. The van der Waals surface area contributed by atoms with E-state index in [-0.39, 0.29) is 5.91 Å². The summed E-state index contributed by atoms with van der Waals surface area (Å²) in [4.78, 5) is 20.8. The summed E-state index contributed by atoms with van der Waals surface area (Å²) in [7, 11) is 1.59. The van der Waals surface area contributed by atoms with Crippen LogP contribution in [0.4, 0.5) is 11.6 Å². The van der Waals surface area contributed by atoms with Crippen LogP contribution in [0.3, 0.4) is 0 Å². The molecule has 0 unspecified atom stereocenters. The molecule has 0 aliphatic heterocycles. The van der Waals surface area contributed by atoms with Crippen LogP contribution in [0, 0.1) is 6.92 Å². The second kappa shape index (κ2) is 8.11. The largest absolute Gasteiger partial charge is 0.495 e. The number of aryl methyl sites for hydroxylation is 1. The molecule has 1 amide bonds. The molecule has 2 aromatic carbocycles. The number of nitrogens with one attached hydrogen (secondary N) is 2. The Hall–Kier alpha value is -3.41. The number of carbonyl (C=O) groups is 1. The molecule has 3 rings (SSSR count). The Morgan fingerprint density at radius 3 is 2.62 bits per heavy atom. The molecule has 0 bridgehead atoms. The van der Waals surface area contributed by atoms with Gasteiger partial charge in [0.2, 0.25) is 5.95 Å². The van der Waals surface area contributed by atoms with Gasteiger partial charge in [0.1, 0.15) is 11.4 Å². The van der Waals surface area contributed by atoms with Crippen molar-refractivity contribution in [3.63, 3.8) is 0 Å². The second-order valence-electron chi connectivity index (χ2n) is 5.76. The van der Waals surface area contributed by atoms with Crippen molar-refractivity contribution in [1.82, 2.24) is 15.3 Å². The summed E-state index contributed by atoms with van der Waals surface area (Å²) in [5.74, 6) is 0.749. The average molecular weight is 348 g/mol. The van der Waals surface area contributed by atoms with Crippen LogP contribution < -0.4 is 15.4 Å². The fraction of sp³-hybridized carbons (Fsp3) is 0.150. The zero-order valence-electron chi connectivity index (χ0n) is 14.7. The summed E-state index contributed by atoms with van der Waals surface area (Å²) in [5.41, 5.74) is 3.24. The number of amides is 1. The van der Waals surface area contributed by atoms with Crippen LogP contribution in [-0.2, 0) is 6.54 Å². The first-order valence-electron chi connectivity index (χ1n) is 8.22. The van der Waals surface area contributed by atoms with Gasteiger partial charge in [-0.1, -0.05) is 42.0 Å². The zero-order chi connectivity index (χ0) is 18.4. The van der Waals surface area contributed by atoms with Crippen LogP contribution in [0.15, 0.2) is 60.8 Å². The van der Waals surface area contributed by atoms with Gasteiger partial charge in [0, 0.05) is 12.7 Å². The standard InChI is InChI=1S/C20H20N4O2/c1-14-7-9-15(10-8-14)13-22-19(25)17-11-12-21-20(24-17)23-16-5-3-4-6-18(16)26-2/h3-12H,13H2,1-2H3,(H,22,25)(H,21,23,24). The second-order valence-corrected chi connectivity index (χ2v) is 5.76. The molecule has 1 aromatic heterocycles. The van der Waals surface area contributed by atoms with E-state index >= 15 is 0 Å². The van der Waals surface area contributed by atoms with E-state index in [1.165, 1.54) is 5.56 Å². The van der Waals surface area contributed by atoms with Crippen molar-refractivity contribution in [3.8, 4) is 5.75 Å². The van der Waals surface area contributed by atoms with Gasteiger partial charge in [0.05, 0.1) is 12.8 Å². The smallest absolute Gasteiger partial charge is 0.270 e. The fourth-order valence-electron chi connectivity index (χ4n) is 2.39. The van der Waals surface area contributed by atoms with Gasteiger partial charge in [-0.25, -0.2) is 9.97 Å². The van der Waals surface area contributed by atoms with E-state index in [0.29, 0.717) is 23.9 Å². The number of anilines is 2. The maximum Gasteiger partial charge on any atom is 0.270 e. The normalized spacial score (nSPS) is 10.2. The van der Waals surface area contributed by atoms with Gasteiger partial charge in [0.15, 0.2) is 0 Å². The summed E-state index contributed by atoms with van der Waals surface area (Å²) >= 11 is 0. The van der Waals surface area contributed by atoms with Crippen LogP contribution in [-0.4, -0.2) is 23.0 Å². The maximum atomic E-state index is 12.4. The lowest BCUT2D eigenvalue weighted by Gasteiger charge is -2.10. The number of carbonyl (C=O) groups excluding carboxylic acids is 1. The van der Waals surface area contributed by atoms with Crippen molar-refractivity contribution < 1.29 is 9.53 Å². The minimum atomic E-state index is -0.254. The quantitative estimate of drug-likeness (QED) is 0.713. The van der Waals surface area contributed by atoms with Gasteiger partial charge < -0.3 is 15.4 Å². The SMILES string of the molecule is COc1ccccc1Nc1nccc(C(=O)NCc2ccc(C)cc2)n1. The number of rotatable bonds is 6. The fourth-order valence-corrected chi connectivity index (χ4v) is 2.39. The number of methoxy groups -OCH3 is 1. The number of nitrogens with zero attached hydrogens (tertiary/aromatic N) is 2. The van der Waals surface area contributed by atoms with Gasteiger partial charge in [-0.2, -0.15) is 0 Å². The molecule has 1 heterocycles. The summed E-state index contributed by atoms with van der Waals surface area (Å²) in [6.07, 6.45) is 1.55. The Morgan fingerprint density at radius 2 is 1.85 bits per heavy atom. The van der Waals surface area contributed by atoms with E-state index in [9.17, 15) is 4.79 Å². The third kappa shape index (κ3) is 4.36. The number of aromatic nitrogens is 2. The number of hydrogen-bond donors (Lipinski definition) is 2. The van der Waals surface area contributed by atoms with Crippen LogP contribution >= 0.6 is 0 Å². The summed E-state index contributed by atoms with van der Waals surface area (Å²) in [6, 6.07) is 17.0. The molecular weight excluding hydrogens is 328 g/mol. The first-order valence-corrected chi connectivity index (χ1v) is 8.22. The predicted octanol–water partition coefficient (Wildman–Crippen LogP) is 3.47. The summed E-state index contributed by atoms with van der Waals surface area (Å²) < 4.78 is 5.29. The number of para-hydroxylation sites is 2. The summed E-state index contributed by atoms with van der Waals surface area (Å²) in [5, 5.41) is 5.94. The Morgan fingerprint density at radius 1 is 1.08 bits per heavy atom. The van der Waals surface area contributed by atoms with Gasteiger partial charge in [-0.3, -0.25) is 4.79 Å². The molecule has 2 N–H and O–H groups in total. The van der Waals surface area contributed by atoms with E-state index in [1.54, 1.807) is 19.4 Å². The number of ether oxygens (including phenoxy) is 1. The topological polar surface area (TPSA) is 76.1 Å². The highest BCUT2D eigenvalue weighted by molar-refractivity contribution is 5.92. The van der Waals surface area contributed by atoms with Gasteiger partial charge in [-0.15, -0.1) is 0 Å². The minimum Gasteiger partial charge on any atom is -0.495 e. The van der Waals surface area contributed by atoms with Gasteiger partial charge >= 0.3 is 0 Å². The Balaban J connectivity index is 1.68. The summed E-state index contributed by atoms with van der Waals surface area (Å²) in [6.45, 7) is 2.47. The average Bonchev–Trinajstić information content (AvgIpc) is 2.68. The van der Waals surface area contributed by atoms with E-state index in [0.717, 1.165) is 11.3 Å². The Labute approximate surface area is 152 Å². The highest BCUT2D eigenvalue weighted by Gasteiger charge is 2.10. The van der Waals surface area contributed by atoms with E-state index < -0.39 is 0 Å². The highest BCUT2D eigenvalue weighted by atomic mass is 16.5. The highest BCUT2D eigenvalue weighted by Crippen LogP contribution is 2.25. The predicted molar refractivity (Wildman–Crippen MR) is 101 cm³/mol. The minimum absolute atomic E-state index is 0.254. The molecule has 132 valence electrons. The molecule has 0 radical (unpaired) electrons. The van der Waals surface area contributed by atoms with E-state index in [4.69, 9.17) is 4.74 Å². The van der Waals surface area contributed by atoms with Crippen molar-refractivity contribution in [3.05, 3.63) is 77.6 Å². The molecule has 3 aromatic rings. The van der Waals surface area contributed by atoms with E-state index in [2.05, 4.69) is 20.6 Å². The first-order chi connectivity index (χ1) is 12.7. The lowest BCUT2D eigenvalue weighted by atomic mass is 10.1. The number of benzene rings is 2. The molecule has 0 atom stereocenters. The van der Waals surface area contributed by atoms with Crippen LogP contribution in [0.2, 0.25) is 0 Å². The van der Waals surface area contributed by atoms with Crippen LogP contribution in [0.25, 0.3) is 0 Å². The number of hydrogen-bond acceptors (Lipinski definition) is 5. The van der Waals surface area contributed by atoms with Gasteiger partial charge in [-0.05, 0) is 30.7 Å². The zero-order valence-corrected chi connectivity index (χ0v) is 14.7. The molecule has 0 aliphatic rings. The Bertz CT molecular complexity index is 894. The van der Waals surface area contributed by atoms with Crippen LogP contribution in [0.1, 0.15) is 21.6 Å². The Kier molecular flexibility index (Phi) is 5.43. The third-order valence-corrected chi connectivity index (χ3v) is 3.82. The molecule has 26 heavy (non-hydrogen) atoms. The first kappa shape index (κ1) is 17.4. The molecule has 0 aliphatic carbocycles. The van der Waals surface area contributed by atoms with Crippen molar-refractivity contribution >= 4 is 17.5 Å². The lowest BCUT2D eigenvalue weighted by Crippen LogP contribution is -2.24. The van der Waals surface area contributed by atoms with Crippen molar-refractivity contribution in [2.45, 2.75) is 13.5 Å². The molecular formula is C20H20N4O2.